The van der Waals surface area contributed by atoms with E-state index in [4.69, 9.17) is 19.5 Å². The molecular weight excluding hydrogens is 388 g/mol. The minimum Gasteiger partial charge on any atom is -0.493 e. The molecule has 0 spiro atoms. The molecule has 0 atom stereocenters. The first-order valence-electron chi connectivity index (χ1n) is 9.03. The molecular formula is C22H18N2O6. The van der Waals surface area contributed by atoms with Gasteiger partial charge in [0.05, 0.1) is 24.8 Å². The van der Waals surface area contributed by atoms with Crippen molar-refractivity contribution >= 4 is 23.9 Å². The zero-order valence-electron chi connectivity index (χ0n) is 16.2. The smallest absolute Gasteiger partial charge is 0.330 e. The Balaban J connectivity index is 1.53. The number of nitrogens with zero attached hydrogens (tertiary/aromatic N) is 2. The molecule has 0 bridgehead atoms. The zero-order chi connectivity index (χ0) is 21.5. The van der Waals surface area contributed by atoms with Gasteiger partial charge in [-0.2, -0.15) is 5.26 Å². The van der Waals surface area contributed by atoms with Gasteiger partial charge in [-0.05, 0) is 35.9 Å². The molecule has 30 heavy (non-hydrogen) atoms. The van der Waals surface area contributed by atoms with E-state index in [0.717, 1.165) is 4.90 Å². The molecule has 0 N–H and O–H groups in total. The van der Waals surface area contributed by atoms with E-state index in [2.05, 4.69) is 0 Å². The van der Waals surface area contributed by atoms with Crippen LogP contribution in [-0.4, -0.2) is 49.6 Å². The van der Waals surface area contributed by atoms with Crippen LogP contribution < -0.4 is 9.47 Å². The van der Waals surface area contributed by atoms with Gasteiger partial charge in [0.15, 0.2) is 18.1 Å². The highest BCUT2D eigenvalue weighted by Gasteiger charge is 2.34. The highest BCUT2D eigenvalue weighted by atomic mass is 16.5. The number of benzene rings is 2. The van der Waals surface area contributed by atoms with Crippen molar-refractivity contribution in [3.8, 4) is 17.6 Å². The molecule has 0 saturated heterocycles. The van der Waals surface area contributed by atoms with E-state index >= 15 is 0 Å². The van der Waals surface area contributed by atoms with Crippen molar-refractivity contribution in [2.24, 2.45) is 0 Å². The third-order valence-corrected chi connectivity index (χ3v) is 4.33. The van der Waals surface area contributed by atoms with Crippen molar-refractivity contribution in [2.45, 2.75) is 0 Å². The van der Waals surface area contributed by atoms with Gasteiger partial charge in [-0.1, -0.05) is 18.2 Å². The predicted octanol–water partition coefficient (Wildman–Crippen LogP) is 2.45. The van der Waals surface area contributed by atoms with Gasteiger partial charge in [-0.25, -0.2) is 4.79 Å². The number of imide groups is 1. The number of methoxy groups -OCH3 is 1. The Morgan fingerprint density at radius 2 is 1.80 bits per heavy atom. The fraction of sp³-hybridized carbons (Fsp3) is 0.182. The van der Waals surface area contributed by atoms with Gasteiger partial charge in [0, 0.05) is 6.08 Å². The molecule has 2 aromatic carbocycles. The molecule has 1 aliphatic heterocycles. The molecule has 8 nitrogen and oxygen atoms in total. The molecule has 0 radical (unpaired) electrons. The van der Waals surface area contributed by atoms with Crippen LogP contribution in [0.2, 0.25) is 0 Å². The summed E-state index contributed by atoms with van der Waals surface area (Å²) in [6, 6.07) is 13.4. The third-order valence-electron chi connectivity index (χ3n) is 4.33. The van der Waals surface area contributed by atoms with E-state index in [9.17, 15) is 14.4 Å². The topological polar surface area (TPSA) is 106 Å². The maximum absolute atomic E-state index is 12.3. The molecule has 1 aliphatic rings. The standard InChI is InChI=1S/C22H18N2O6/c1-28-19-14-15(6-8-18(19)29-12-10-23)7-9-20(25)30-13-11-24-21(26)16-4-2-3-5-17(16)22(24)27/h2-9,14H,11-13H2,1H3. The van der Waals surface area contributed by atoms with E-state index in [1.807, 2.05) is 6.07 Å². The average Bonchev–Trinajstić information content (AvgIpc) is 3.01. The largest absolute Gasteiger partial charge is 0.493 e. The number of ether oxygens (including phenoxy) is 3. The number of rotatable bonds is 8. The van der Waals surface area contributed by atoms with Crippen LogP contribution in [0.1, 0.15) is 26.3 Å². The van der Waals surface area contributed by atoms with Gasteiger partial charge >= 0.3 is 5.97 Å². The second-order valence-electron chi connectivity index (χ2n) is 6.17. The summed E-state index contributed by atoms with van der Waals surface area (Å²) in [4.78, 5) is 37.5. The van der Waals surface area contributed by atoms with Crippen molar-refractivity contribution in [3.05, 3.63) is 65.2 Å². The van der Waals surface area contributed by atoms with E-state index < -0.39 is 17.8 Å². The average molecular weight is 406 g/mol. The first kappa shape index (κ1) is 20.6. The van der Waals surface area contributed by atoms with Gasteiger partial charge in [0.25, 0.3) is 11.8 Å². The fourth-order valence-electron chi connectivity index (χ4n) is 2.91. The lowest BCUT2D eigenvalue weighted by Crippen LogP contribution is -2.33. The molecule has 0 aromatic heterocycles. The second kappa shape index (κ2) is 9.39. The Kier molecular flexibility index (Phi) is 6.45. The zero-order valence-corrected chi connectivity index (χ0v) is 16.2. The second-order valence-corrected chi connectivity index (χ2v) is 6.17. The number of esters is 1. The lowest BCUT2D eigenvalue weighted by molar-refractivity contribution is -0.137. The molecule has 2 aromatic rings. The molecule has 2 amide bonds. The lowest BCUT2D eigenvalue weighted by Gasteiger charge is -2.13. The quantitative estimate of drug-likeness (QED) is 0.377. The monoisotopic (exact) mass is 406 g/mol. The van der Waals surface area contributed by atoms with Gasteiger partial charge in [-0.15, -0.1) is 0 Å². The van der Waals surface area contributed by atoms with Crippen LogP contribution in [0.4, 0.5) is 0 Å². The molecule has 8 heteroatoms. The van der Waals surface area contributed by atoms with Crippen molar-refractivity contribution < 1.29 is 28.6 Å². The molecule has 0 saturated carbocycles. The molecule has 0 aliphatic carbocycles. The van der Waals surface area contributed by atoms with E-state index in [-0.39, 0.29) is 19.8 Å². The minimum atomic E-state index is -0.615. The summed E-state index contributed by atoms with van der Waals surface area (Å²) in [5.74, 6) is -0.567. The highest BCUT2D eigenvalue weighted by Crippen LogP contribution is 2.28. The summed E-state index contributed by atoms with van der Waals surface area (Å²) in [5.41, 5.74) is 1.36. The highest BCUT2D eigenvalue weighted by molar-refractivity contribution is 6.21. The normalized spacial score (nSPS) is 12.6. The molecule has 0 fully saturated rings. The van der Waals surface area contributed by atoms with Crippen LogP contribution in [0.25, 0.3) is 6.08 Å². The number of nitriles is 1. The SMILES string of the molecule is COc1cc(C=CC(=O)OCCN2C(=O)c3ccccc3C2=O)ccc1OCC#N. The fourth-order valence-corrected chi connectivity index (χ4v) is 2.91. The summed E-state index contributed by atoms with van der Waals surface area (Å²) in [6.45, 7) is -0.242. The maximum Gasteiger partial charge on any atom is 0.330 e. The Hall–Kier alpha value is -4.12. The van der Waals surface area contributed by atoms with Crippen LogP contribution in [0, 0.1) is 11.3 Å². The summed E-state index contributed by atoms with van der Waals surface area (Å²) < 4.78 is 15.5. The number of carbonyl (C=O) groups excluding carboxylic acids is 3. The Morgan fingerprint density at radius 3 is 2.43 bits per heavy atom. The van der Waals surface area contributed by atoms with Crippen LogP contribution in [-0.2, 0) is 9.53 Å². The van der Waals surface area contributed by atoms with Crippen molar-refractivity contribution in [1.82, 2.24) is 4.90 Å². The van der Waals surface area contributed by atoms with E-state index in [0.29, 0.717) is 28.2 Å². The molecule has 1 heterocycles. The summed E-state index contributed by atoms with van der Waals surface area (Å²) in [7, 11) is 1.47. The molecule has 152 valence electrons. The summed E-state index contributed by atoms with van der Waals surface area (Å²) >= 11 is 0. The van der Waals surface area contributed by atoms with Crippen LogP contribution in [0.3, 0.4) is 0 Å². The molecule has 0 unspecified atom stereocenters. The Bertz CT molecular complexity index is 1020. The van der Waals surface area contributed by atoms with Crippen molar-refractivity contribution in [2.75, 3.05) is 26.9 Å². The first-order valence-corrected chi connectivity index (χ1v) is 9.03. The van der Waals surface area contributed by atoms with Crippen molar-refractivity contribution in [3.63, 3.8) is 0 Å². The van der Waals surface area contributed by atoms with Gasteiger partial charge in [0.1, 0.15) is 12.7 Å². The van der Waals surface area contributed by atoms with E-state index in [1.165, 1.54) is 19.3 Å². The minimum absolute atomic E-state index is 0.0231. The number of fused-ring (bicyclic) bond motifs is 1. The number of amides is 2. The van der Waals surface area contributed by atoms with E-state index in [1.54, 1.807) is 42.5 Å². The van der Waals surface area contributed by atoms with Gasteiger partial charge in [-0.3, -0.25) is 14.5 Å². The van der Waals surface area contributed by atoms with Crippen molar-refractivity contribution in [1.29, 1.82) is 5.26 Å². The summed E-state index contributed by atoms with van der Waals surface area (Å²) in [6.07, 6.45) is 2.76. The number of hydrogen-bond acceptors (Lipinski definition) is 7. The Labute approximate surface area is 172 Å². The summed E-state index contributed by atoms with van der Waals surface area (Å²) in [5, 5.41) is 8.59. The van der Waals surface area contributed by atoms with Crippen LogP contribution >= 0.6 is 0 Å². The number of carbonyl (C=O) groups is 3. The van der Waals surface area contributed by atoms with Gasteiger partial charge in [0.2, 0.25) is 0 Å². The van der Waals surface area contributed by atoms with Crippen LogP contribution in [0.5, 0.6) is 11.5 Å². The molecule has 3 rings (SSSR count). The lowest BCUT2D eigenvalue weighted by atomic mass is 10.1. The predicted molar refractivity (Wildman–Crippen MR) is 106 cm³/mol. The Morgan fingerprint density at radius 1 is 1.10 bits per heavy atom. The van der Waals surface area contributed by atoms with Crippen LogP contribution in [0.15, 0.2) is 48.5 Å². The third kappa shape index (κ3) is 4.47. The van der Waals surface area contributed by atoms with Gasteiger partial charge < -0.3 is 14.2 Å². The first-order chi connectivity index (χ1) is 14.5. The maximum atomic E-state index is 12.3. The number of hydrogen-bond donors (Lipinski definition) is 0.